The first-order valence-electron chi connectivity index (χ1n) is 4.92. The van der Waals surface area contributed by atoms with Gasteiger partial charge in [0.15, 0.2) is 0 Å². The fraction of sp³-hybridized carbons (Fsp3) is 0.182. The molecule has 5 nitrogen and oxygen atoms in total. The van der Waals surface area contributed by atoms with Crippen molar-refractivity contribution in [1.29, 1.82) is 5.26 Å². The van der Waals surface area contributed by atoms with Gasteiger partial charge in [-0.25, -0.2) is 9.97 Å². The molecule has 0 spiro atoms. The summed E-state index contributed by atoms with van der Waals surface area (Å²) in [5.74, 6) is 0. The lowest BCUT2D eigenvalue weighted by atomic mass is 10.4. The lowest BCUT2D eigenvalue weighted by Gasteiger charge is -2.06. The van der Waals surface area contributed by atoms with Gasteiger partial charge in [-0.05, 0) is 0 Å². The van der Waals surface area contributed by atoms with Gasteiger partial charge >= 0.3 is 0 Å². The van der Waals surface area contributed by atoms with E-state index in [1.165, 1.54) is 11.3 Å². The topological polar surface area (TPSA) is 57.7 Å². The number of imidazole rings is 1. The second-order valence-electron chi connectivity index (χ2n) is 3.63. The van der Waals surface area contributed by atoms with Crippen molar-refractivity contribution >= 4 is 17.0 Å². The molecule has 0 amide bonds. The minimum absolute atomic E-state index is 0.518. The largest absolute Gasteiger partial charge is 0.381 e. The second kappa shape index (κ2) is 4.80. The SMILES string of the molecule is CN(C)/C=C(/C#N)n1cnc(-c2cscn2)c1. The van der Waals surface area contributed by atoms with Crippen LogP contribution in [0.3, 0.4) is 0 Å². The Morgan fingerprint density at radius 2 is 2.29 bits per heavy atom. The van der Waals surface area contributed by atoms with E-state index >= 15 is 0 Å². The van der Waals surface area contributed by atoms with Gasteiger partial charge < -0.3 is 4.90 Å². The highest BCUT2D eigenvalue weighted by Gasteiger charge is 2.06. The smallest absolute Gasteiger partial charge is 0.141 e. The molecule has 2 rings (SSSR count). The molecule has 6 heteroatoms. The maximum atomic E-state index is 9.06. The number of aromatic nitrogens is 3. The molecule has 0 fully saturated rings. The molecule has 0 saturated heterocycles. The first-order chi connectivity index (χ1) is 8.20. The van der Waals surface area contributed by atoms with Crippen LogP contribution in [-0.2, 0) is 0 Å². The van der Waals surface area contributed by atoms with Crippen molar-refractivity contribution in [2.45, 2.75) is 0 Å². The lowest BCUT2D eigenvalue weighted by molar-refractivity contribution is 0.563. The molecule has 0 radical (unpaired) electrons. The van der Waals surface area contributed by atoms with Crippen LogP contribution in [0.1, 0.15) is 0 Å². The molecule has 2 aromatic heterocycles. The molecule has 0 atom stereocenters. The molecule has 86 valence electrons. The van der Waals surface area contributed by atoms with Crippen molar-refractivity contribution in [1.82, 2.24) is 19.4 Å². The fourth-order valence-electron chi connectivity index (χ4n) is 1.32. The summed E-state index contributed by atoms with van der Waals surface area (Å²) in [5.41, 5.74) is 3.88. The molecular formula is C11H11N5S. The Balaban J connectivity index is 2.33. The van der Waals surface area contributed by atoms with Gasteiger partial charge in [0.2, 0.25) is 0 Å². The molecule has 0 saturated carbocycles. The average molecular weight is 245 g/mol. The molecular weight excluding hydrogens is 234 g/mol. The summed E-state index contributed by atoms with van der Waals surface area (Å²) in [5, 5.41) is 11.0. The highest BCUT2D eigenvalue weighted by molar-refractivity contribution is 7.07. The van der Waals surface area contributed by atoms with Crippen LogP contribution in [0.2, 0.25) is 0 Å². The van der Waals surface area contributed by atoms with Crippen LogP contribution < -0.4 is 0 Å². The Morgan fingerprint density at radius 3 is 2.88 bits per heavy atom. The molecule has 0 aliphatic heterocycles. The van der Waals surface area contributed by atoms with Crippen LogP contribution in [0.4, 0.5) is 0 Å². The van der Waals surface area contributed by atoms with Gasteiger partial charge in [0.05, 0.1) is 5.51 Å². The van der Waals surface area contributed by atoms with Crippen LogP contribution in [0, 0.1) is 11.3 Å². The van der Waals surface area contributed by atoms with Crippen molar-refractivity contribution in [3.8, 4) is 17.5 Å². The standard InChI is InChI=1S/C11H11N5S/c1-15(2)4-9(3-12)16-5-10(13-7-16)11-6-17-8-14-11/h4-8H,1-2H3/b9-4-. The predicted octanol–water partition coefficient (Wildman–Crippen LogP) is 1.89. The third-order valence-electron chi connectivity index (χ3n) is 2.05. The van der Waals surface area contributed by atoms with Crippen molar-refractivity contribution in [2.75, 3.05) is 14.1 Å². The first kappa shape index (κ1) is 11.4. The Hall–Kier alpha value is -2.13. The van der Waals surface area contributed by atoms with Crippen LogP contribution >= 0.6 is 11.3 Å². The molecule has 0 aliphatic carbocycles. The van der Waals surface area contributed by atoms with E-state index in [1.54, 1.807) is 28.8 Å². The molecule has 0 bridgehead atoms. The Labute approximate surface area is 103 Å². The van der Waals surface area contributed by atoms with Crippen molar-refractivity contribution < 1.29 is 0 Å². The number of nitrogens with zero attached hydrogens (tertiary/aromatic N) is 5. The Bertz CT molecular complexity index is 559. The van der Waals surface area contributed by atoms with E-state index in [0.717, 1.165) is 11.4 Å². The zero-order chi connectivity index (χ0) is 12.3. The molecule has 0 unspecified atom stereocenters. The van der Waals surface area contributed by atoms with E-state index in [9.17, 15) is 0 Å². The van der Waals surface area contributed by atoms with Gasteiger partial charge in [-0.3, -0.25) is 4.57 Å². The summed E-state index contributed by atoms with van der Waals surface area (Å²) < 4.78 is 1.69. The van der Waals surface area contributed by atoms with E-state index in [4.69, 9.17) is 5.26 Å². The van der Waals surface area contributed by atoms with Gasteiger partial charge in [-0.15, -0.1) is 11.3 Å². The highest BCUT2D eigenvalue weighted by atomic mass is 32.1. The van der Waals surface area contributed by atoms with Gasteiger partial charge in [0.1, 0.15) is 29.5 Å². The summed E-state index contributed by atoms with van der Waals surface area (Å²) in [7, 11) is 3.74. The summed E-state index contributed by atoms with van der Waals surface area (Å²) in [6, 6.07) is 2.13. The van der Waals surface area contributed by atoms with Gasteiger partial charge in [-0.2, -0.15) is 5.26 Å². The number of rotatable bonds is 3. The predicted molar refractivity (Wildman–Crippen MR) is 66.9 cm³/mol. The average Bonchev–Trinajstić information content (AvgIpc) is 2.95. The molecule has 17 heavy (non-hydrogen) atoms. The third-order valence-corrected chi connectivity index (χ3v) is 2.64. The van der Waals surface area contributed by atoms with Crippen molar-refractivity contribution in [3.05, 3.63) is 29.6 Å². The Morgan fingerprint density at radius 1 is 1.47 bits per heavy atom. The maximum Gasteiger partial charge on any atom is 0.141 e. The van der Waals surface area contributed by atoms with E-state index in [-0.39, 0.29) is 0 Å². The van der Waals surface area contributed by atoms with Crippen LogP contribution in [-0.4, -0.2) is 33.5 Å². The first-order valence-corrected chi connectivity index (χ1v) is 5.86. The van der Waals surface area contributed by atoms with E-state index < -0.39 is 0 Å². The van der Waals surface area contributed by atoms with Crippen molar-refractivity contribution in [2.24, 2.45) is 0 Å². The minimum Gasteiger partial charge on any atom is -0.381 e. The summed E-state index contributed by atoms with van der Waals surface area (Å²) in [6.07, 6.45) is 5.16. The maximum absolute atomic E-state index is 9.06. The molecule has 0 N–H and O–H groups in total. The monoisotopic (exact) mass is 245 g/mol. The fourth-order valence-corrected chi connectivity index (χ4v) is 1.87. The second-order valence-corrected chi connectivity index (χ2v) is 4.35. The highest BCUT2D eigenvalue weighted by Crippen LogP contribution is 2.18. The number of nitriles is 1. The zero-order valence-corrected chi connectivity index (χ0v) is 10.3. The minimum atomic E-state index is 0.518. The quantitative estimate of drug-likeness (QED) is 0.775. The number of hydrogen-bond donors (Lipinski definition) is 0. The van der Waals surface area contributed by atoms with E-state index in [0.29, 0.717) is 5.70 Å². The molecule has 2 heterocycles. The van der Waals surface area contributed by atoms with Crippen LogP contribution in [0.25, 0.3) is 17.1 Å². The Kier molecular flexibility index (Phi) is 3.21. The van der Waals surface area contributed by atoms with E-state index in [2.05, 4.69) is 16.0 Å². The number of thiazole rings is 1. The van der Waals surface area contributed by atoms with Crippen LogP contribution in [0.15, 0.2) is 29.6 Å². The van der Waals surface area contributed by atoms with Gasteiger partial charge in [0, 0.05) is 31.9 Å². The lowest BCUT2D eigenvalue weighted by Crippen LogP contribution is -2.04. The van der Waals surface area contributed by atoms with Crippen molar-refractivity contribution in [3.63, 3.8) is 0 Å². The van der Waals surface area contributed by atoms with E-state index in [1.807, 2.05) is 24.4 Å². The summed E-state index contributed by atoms with van der Waals surface area (Å²) in [4.78, 5) is 10.2. The van der Waals surface area contributed by atoms with Crippen LogP contribution in [0.5, 0.6) is 0 Å². The summed E-state index contributed by atoms with van der Waals surface area (Å²) >= 11 is 1.52. The molecule has 2 aromatic rings. The number of allylic oxidation sites excluding steroid dienone is 1. The third kappa shape index (κ3) is 2.52. The number of hydrogen-bond acceptors (Lipinski definition) is 5. The molecule has 0 aliphatic rings. The van der Waals surface area contributed by atoms with Gasteiger partial charge in [-0.1, -0.05) is 0 Å². The summed E-state index contributed by atoms with van der Waals surface area (Å²) in [6.45, 7) is 0. The van der Waals surface area contributed by atoms with Gasteiger partial charge in [0.25, 0.3) is 0 Å². The zero-order valence-electron chi connectivity index (χ0n) is 9.53. The molecule has 0 aromatic carbocycles. The normalized spacial score (nSPS) is 11.2.